The summed E-state index contributed by atoms with van der Waals surface area (Å²) in [7, 11) is 1.80. The van der Waals surface area contributed by atoms with Crippen LogP contribution < -0.4 is 0 Å². The summed E-state index contributed by atoms with van der Waals surface area (Å²) in [6, 6.07) is 2.12. The monoisotopic (exact) mass is 198 g/mol. The minimum absolute atomic E-state index is 0.0631. The number of ether oxygens (including phenoxy) is 1. The largest absolute Gasteiger partial charge is 0.462 e. The van der Waals surface area contributed by atoms with Gasteiger partial charge in [-0.1, -0.05) is 0 Å². The summed E-state index contributed by atoms with van der Waals surface area (Å²) in [6.45, 7) is 6.28. The van der Waals surface area contributed by atoms with E-state index in [0.29, 0.717) is 6.54 Å². The van der Waals surface area contributed by atoms with Crippen LogP contribution in [0.1, 0.15) is 20.8 Å². The summed E-state index contributed by atoms with van der Waals surface area (Å²) in [5, 5.41) is 8.57. The van der Waals surface area contributed by atoms with Gasteiger partial charge in [0, 0.05) is 6.54 Å². The van der Waals surface area contributed by atoms with E-state index in [0.717, 1.165) is 0 Å². The maximum atomic E-state index is 11.2. The van der Waals surface area contributed by atoms with Crippen LogP contribution in [-0.4, -0.2) is 37.1 Å². The zero-order chi connectivity index (χ0) is 11.1. The second-order valence-corrected chi connectivity index (χ2v) is 3.77. The molecule has 0 bridgehead atoms. The molecule has 0 aromatic heterocycles. The molecule has 0 N–H and O–H groups in total. The Bertz CT molecular complexity index is 221. The Morgan fingerprint density at radius 3 is 2.50 bits per heavy atom. The minimum atomic E-state index is -0.243. The van der Waals surface area contributed by atoms with E-state index in [1.165, 1.54) is 0 Å². The quantitative estimate of drug-likeness (QED) is 0.619. The summed E-state index contributed by atoms with van der Waals surface area (Å²) < 4.78 is 4.97. The molecule has 1 unspecified atom stereocenters. The van der Waals surface area contributed by atoms with Crippen molar-refractivity contribution in [3.8, 4) is 6.07 Å². The van der Waals surface area contributed by atoms with Crippen molar-refractivity contribution in [2.24, 2.45) is 5.92 Å². The average Bonchev–Trinajstić information content (AvgIpc) is 2.01. The summed E-state index contributed by atoms with van der Waals surface area (Å²) in [5.74, 6) is -0.306. The van der Waals surface area contributed by atoms with Crippen LogP contribution in [-0.2, 0) is 9.53 Å². The van der Waals surface area contributed by atoms with Crippen LogP contribution in [0.2, 0.25) is 0 Å². The van der Waals surface area contributed by atoms with Crippen molar-refractivity contribution in [3.63, 3.8) is 0 Å². The molecule has 0 aromatic rings. The van der Waals surface area contributed by atoms with Crippen LogP contribution >= 0.6 is 0 Å². The van der Waals surface area contributed by atoms with Gasteiger partial charge in [-0.05, 0) is 27.8 Å². The number of hydrogen-bond donors (Lipinski definition) is 0. The van der Waals surface area contributed by atoms with Gasteiger partial charge in [-0.15, -0.1) is 0 Å². The number of nitriles is 1. The van der Waals surface area contributed by atoms with Gasteiger partial charge in [0.2, 0.25) is 0 Å². The first-order valence-electron chi connectivity index (χ1n) is 4.73. The van der Waals surface area contributed by atoms with Crippen molar-refractivity contribution >= 4 is 5.97 Å². The van der Waals surface area contributed by atoms with E-state index in [9.17, 15) is 4.79 Å². The first kappa shape index (κ1) is 12.9. The summed E-state index contributed by atoms with van der Waals surface area (Å²) in [6.07, 6.45) is -0.0794. The highest BCUT2D eigenvalue weighted by Gasteiger charge is 2.11. The van der Waals surface area contributed by atoms with Crippen LogP contribution in [0.5, 0.6) is 0 Å². The van der Waals surface area contributed by atoms with Crippen molar-refractivity contribution in [3.05, 3.63) is 0 Å². The Hall–Kier alpha value is -1.08. The third-order valence-corrected chi connectivity index (χ3v) is 1.57. The lowest BCUT2D eigenvalue weighted by molar-refractivity contribution is -0.148. The Morgan fingerprint density at radius 1 is 1.50 bits per heavy atom. The molecule has 0 radical (unpaired) electrons. The maximum Gasteiger partial charge on any atom is 0.320 e. The molecule has 0 aliphatic rings. The number of nitrogens with zero attached hydrogens (tertiary/aromatic N) is 2. The van der Waals surface area contributed by atoms with Gasteiger partial charge in [0.25, 0.3) is 0 Å². The van der Waals surface area contributed by atoms with Crippen molar-refractivity contribution in [2.45, 2.75) is 26.9 Å². The molecular weight excluding hydrogens is 180 g/mol. The van der Waals surface area contributed by atoms with Crippen molar-refractivity contribution in [1.82, 2.24) is 4.90 Å². The molecule has 0 heterocycles. The van der Waals surface area contributed by atoms with Gasteiger partial charge < -0.3 is 4.74 Å². The van der Waals surface area contributed by atoms with Gasteiger partial charge in [0.05, 0.1) is 24.6 Å². The molecule has 0 aliphatic carbocycles. The van der Waals surface area contributed by atoms with Crippen LogP contribution in [0.4, 0.5) is 0 Å². The number of rotatable bonds is 5. The normalized spacial score (nSPS) is 12.6. The molecule has 0 aliphatic heterocycles. The molecule has 0 rings (SSSR count). The van der Waals surface area contributed by atoms with Crippen LogP contribution in [0.15, 0.2) is 0 Å². The molecule has 0 aromatic carbocycles. The fraction of sp³-hybridized carbons (Fsp3) is 0.800. The number of carbonyl (C=O) groups excluding carboxylic acids is 1. The topological polar surface area (TPSA) is 53.3 Å². The molecule has 0 fully saturated rings. The number of carbonyl (C=O) groups is 1. The van der Waals surface area contributed by atoms with E-state index in [2.05, 4.69) is 6.07 Å². The molecule has 80 valence electrons. The van der Waals surface area contributed by atoms with E-state index in [4.69, 9.17) is 10.00 Å². The highest BCUT2D eigenvalue weighted by molar-refractivity contribution is 5.71. The minimum Gasteiger partial charge on any atom is -0.462 e. The summed E-state index contributed by atoms with van der Waals surface area (Å²) >= 11 is 0. The lowest BCUT2D eigenvalue weighted by Gasteiger charge is -2.17. The van der Waals surface area contributed by atoms with Crippen LogP contribution in [0.3, 0.4) is 0 Å². The summed E-state index contributed by atoms with van der Waals surface area (Å²) in [4.78, 5) is 13.0. The Kier molecular flexibility index (Phi) is 5.89. The van der Waals surface area contributed by atoms with Gasteiger partial charge in [0.15, 0.2) is 0 Å². The smallest absolute Gasteiger partial charge is 0.320 e. The highest BCUT2D eigenvalue weighted by atomic mass is 16.5. The Labute approximate surface area is 85.5 Å². The zero-order valence-corrected chi connectivity index (χ0v) is 9.28. The van der Waals surface area contributed by atoms with E-state index < -0.39 is 0 Å². The van der Waals surface area contributed by atoms with E-state index in [1.54, 1.807) is 11.9 Å². The van der Waals surface area contributed by atoms with Crippen molar-refractivity contribution < 1.29 is 9.53 Å². The second kappa shape index (κ2) is 6.39. The third-order valence-electron chi connectivity index (χ3n) is 1.57. The highest BCUT2D eigenvalue weighted by Crippen LogP contribution is 1.97. The van der Waals surface area contributed by atoms with Gasteiger partial charge in [-0.25, -0.2) is 0 Å². The molecule has 4 nitrogen and oxygen atoms in total. The molecule has 0 saturated carbocycles. The molecule has 0 spiro atoms. The van der Waals surface area contributed by atoms with E-state index in [1.807, 2.05) is 20.8 Å². The van der Waals surface area contributed by atoms with E-state index in [-0.39, 0.29) is 24.5 Å². The Balaban J connectivity index is 3.78. The molecule has 4 heteroatoms. The predicted molar refractivity (Wildman–Crippen MR) is 53.5 cm³/mol. The van der Waals surface area contributed by atoms with E-state index >= 15 is 0 Å². The fourth-order valence-electron chi connectivity index (χ4n) is 1.09. The lowest BCUT2D eigenvalue weighted by atomic mass is 10.2. The summed E-state index contributed by atoms with van der Waals surface area (Å²) in [5.41, 5.74) is 0. The second-order valence-electron chi connectivity index (χ2n) is 3.77. The lowest BCUT2D eigenvalue weighted by Crippen LogP contribution is -2.31. The molecule has 1 atom stereocenters. The number of esters is 1. The number of hydrogen-bond acceptors (Lipinski definition) is 4. The van der Waals surface area contributed by atoms with Gasteiger partial charge >= 0.3 is 5.97 Å². The van der Waals surface area contributed by atoms with Gasteiger partial charge in [-0.2, -0.15) is 5.26 Å². The number of likely N-dealkylation sites (N-methyl/N-ethyl adjacent to an activating group) is 1. The first-order valence-corrected chi connectivity index (χ1v) is 4.73. The third kappa shape index (κ3) is 6.44. The maximum absolute atomic E-state index is 11.2. The van der Waals surface area contributed by atoms with Crippen LogP contribution in [0.25, 0.3) is 0 Å². The average molecular weight is 198 g/mol. The molecule has 14 heavy (non-hydrogen) atoms. The predicted octanol–water partition coefficient (Wildman–Crippen LogP) is 1.03. The molecule has 0 saturated heterocycles. The molecular formula is C10H18N2O2. The van der Waals surface area contributed by atoms with Crippen molar-refractivity contribution in [2.75, 3.05) is 20.1 Å². The standard InChI is InChI=1S/C10H18N2O2/c1-8(2)14-10(13)7-12(4)6-9(3)5-11/h8-9H,6-7H2,1-4H3. The Morgan fingerprint density at radius 2 is 2.07 bits per heavy atom. The van der Waals surface area contributed by atoms with Gasteiger partial charge in [-0.3, -0.25) is 9.69 Å². The van der Waals surface area contributed by atoms with Gasteiger partial charge in [0.1, 0.15) is 0 Å². The first-order chi connectivity index (χ1) is 6.45. The fourth-order valence-corrected chi connectivity index (χ4v) is 1.09. The SMILES string of the molecule is CC(C#N)CN(C)CC(=O)OC(C)C. The molecule has 0 amide bonds. The van der Waals surface area contributed by atoms with Crippen LogP contribution in [0, 0.1) is 17.2 Å². The van der Waals surface area contributed by atoms with Crippen molar-refractivity contribution in [1.29, 1.82) is 5.26 Å². The zero-order valence-electron chi connectivity index (χ0n) is 9.28.